The van der Waals surface area contributed by atoms with Gasteiger partial charge in [-0.25, -0.2) is 4.79 Å². The lowest BCUT2D eigenvalue weighted by Crippen LogP contribution is -2.33. The van der Waals surface area contributed by atoms with Crippen molar-refractivity contribution in [1.29, 1.82) is 0 Å². The molecule has 0 unspecified atom stereocenters. The van der Waals surface area contributed by atoms with Gasteiger partial charge < -0.3 is 14.3 Å². The fraction of sp³-hybridized carbons (Fsp3) is 0.348. The second kappa shape index (κ2) is 7.68. The van der Waals surface area contributed by atoms with E-state index in [4.69, 9.17) is 9.15 Å². The van der Waals surface area contributed by atoms with Crippen molar-refractivity contribution in [3.63, 3.8) is 0 Å². The standard InChI is InChI=1S/C23H25NO4/c1-15-4-3-11-24(13-15)14-20-21(25)10-9-18-19(12-22(26)28-23(18)20)16-5-7-17(27-2)8-6-16/h5-10,12,15,25H,3-4,11,13-14H2,1-2H3/t15-/m0/s1. The summed E-state index contributed by atoms with van der Waals surface area (Å²) in [5, 5.41) is 11.3. The van der Waals surface area contributed by atoms with Gasteiger partial charge in [-0.3, -0.25) is 4.90 Å². The van der Waals surface area contributed by atoms with Crippen LogP contribution in [-0.2, 0) is 6.54 Å². The predicted octanol–water partition coefficient (Wildman–Crippen LogP) is 4.41. The minimum Gasteiger partial charge on any atom is -0.507 e. The van der Waals surface area contributed by atoms with Crippen LogP contribution in [0.4, 0.5) is 0 Å². The van der Waals surface area contributed by atoms with Crippen molar-refractivity contribution in [3.05, 3.63) is 58.4 Å². The lowest BCUT2D eigenvalue weighted by molar-refractivity contribution is 0.175. The van der Waals surface area contributed by atoms with Gasteiger partial charge in [-0.15, -0.1) is 0 Å². The van der Waals surface area contributed by atoms with Crippen molar-refractivity contribution >= 4 is 11.0 Å². The number of likely N-dealkylation sites (tertiary alicyclic amines) is 1. The van der Waals surface area contributed by atoms with E-state index in [0.717, 1.165) is 41.8 Å². The summed E-state index contributed by atoms with van der Waals surface area (Å²) < 4.78 is 10.8. The molecule has 0 radical (unpaired) electrons. The monoisotopic (exact) mass is 379 g/mol. The number of rotatable bonds is 4. The van der Waals surface area contributed by atoms with Gasteiger partial charge in [0.15, 0.2) is 0 Å². The van der Waals surface area contributed by atoms with E-state index < -0.39 is 5.63 Å². The fourth-order valence-electron chi connectivity index (χ4n) is 4.09. The Bertz CT molecular complexity index is 1040. The van der Waals surface area contributed by atoms with Gasteiger partial charge in [-0.2, -0.15) is 0 Å². The van der Waals surface area contributed by atoms with E-state index in [9.17, 15) is 9.90 Å². The van der Waals surface area contributed by atoms with Gasteiger partial charge in [0.2, 0.25) is 0 Å². The highest BCUT2D eigenvalue weighted by Gasteiger charge is 2.21. The van der Waals surface area contributed by atoms with Crippen LogP contribution in [0.25, 0.3) is 22.1 Å². The summed E-state index contributed by atoms with van der Waals surface area (Å²) in [7, 11) is 1.62. The second-order valence-electron chi connectivity index (χ2n) is 7.63. The number of nitrogens with zero attached hydrogens (tertiary/aromatic N) is 1. The quantitative estimate of drug-likeness (QED) is 0.681. The van der Waals surface area contributed by atoms with Gasteiger partial charge >= 0.3 is 5.63 Å². The molecule has 1 aliphatic heterocycles. The summed E-state index contributed by atoms with van der Waals surface area (Å²) in [4.78, 5) is 14.6. The molecule has 4 rings (SSSR count). The Labute approximate surface area is 164 Å². The van der Waals surface area contributed by atoms with E-state index in [1.807, 2.05) is 30.3 Å². The van der Waals surface area contributed by atoms with Crippen molar-refractivity contribution in [3.8, 4) is 22.6 Å². The van der Waals surface area contributed by atoms with Crippen molar-refractivity contribution in [2.45, 2.75) is 26.3 Å². The van der Waals surface area contributed by atoms with E-state index in [2.05, 4.69) is 11.8 Å². The molecule has 28 heavy (non-hydrogen) atoms. The van der Waals surface area contributed by atoms with E-state index in [1.165, 1.54) is 12.5 Å². The fourth-order valence-corrected chi connectivity index (χ4v) is 4.09. The first kappa shape index (κ1) is 18.6. The number of hydrogen-bond acceptors (Lipinski definition) is 5. The third-order valence-corrected chi connectivity index (χ3v) is 5.51. The SMILES string of the molecule is COc1ccc(-c2cc(=O)oc3c(CN4CCC[C@H](C)C4)c(O)ccc23)cc1. The van der Waals surface area contributed by atoms with Crippen molar-refractivity contribution in [1.82, 2.24) is 4.90 Å². The molecule has 0 bridgehead atoms. The Morgan fingerprint density at radius 3 is 2.71 bits per heavy atom. The molecule has 2 heterocycles. The van der Waals surface area contributed by atoms with E-state index >= 15 is 0 Å². The molecule has 1 fully saturated rings. The molecule has 0 amide bonds. The van der Waals surface area contributed by atoms with E-state index in [0.29, 0.717) is 23.6 Å². The molecule has 1 saturated heterocycles. The molecule has 1 N–H and O–H groups in total. The largest absolute Gasteiger partial charge is 0.507 e. The van der Waals surface area contributed by atoms with Crippen LogP contribution in [0.5, 0.6) is 11.5 Å². The number of aromatic hydroxyl groups is 1. The van der Waals surface area contributed by atoms with E-state index in [-0.39, 0.29) is 5.75 Å². The molecule has 2 aromatic carbocycles. The van der Waals surface area contributed by atoms with Gasteiger partial charge in [0.1, 0.15) is 17.1 Å². The van der Waals surface area contributed by atoms with Crippen LogP contribution in [0.2, 0.25) is 0 Å². The number of hydrogen-bond donors (Lipinski definition) is 1. The van der Waals surface area contributed by atoms with Gasteiger partial charge in [0, 0.05) is 24.5 Å². The van der Waals surface area contributed by atoms with Crippen molar-refractivity contribution < 1.29 is 14.3 Å². The molecule has 1 atom stereocenters. The average molecular weight is 379 g/mol. The Kier molecular flexibility index (Phi) is 5.09. The Morgan fingerprint density at radius 1 is 1.21 bits per heavy atom. The third kappa shape index (κ3) is 3.62. The van der Waals surface area contributed by atoms with Gasteiger partial charge in [0.25, 0.3) is 0 Å². The topological polar surface area (TPSA) is 62.9 Å². The molecule has 146 valence electrons. The molecular formula is C23H25NO4. The molecule has 0 saturated carbocycles. The first-order valence-corrected chi connectivity index (χ1v) is 9.70. The van der Waals surface area contributed by atoms with Crippen LogP contribution < -0.4 is 10.4 Å². The molecule has 5 heteroatoms. The molecular weight excluding hydrogens is 354 g/mol. The molecule has 5 nitrogen and oxygen atoms in total. The predicted molar refractivity (Wildman–Crippen MR) is 110 cm³/mol. The highest BCUT2D eigenvalue weighted by atomic mass is 16.5. The Morgan fingerprint density at radius 2 is 2.00 bits per heavy atom. The Balaban J connectivity index is 1.81. The number of benzene rings is 2. The summed E-state index contributed by atoms with van der Waals surface area (Å²) in [6, 6.07) is 12.6. The summed E-state index contributed by atoms with van der Waals surface area (Å²) >= 11 is 0. The summed E-state index contributed by atoms with van der Waals surface area (Å²) in [5.41, 5.74) is 2.43. The maximum absolute atomic E-state index is 12.3. The lowest BCUT2D eigenvalue weighted by Gasteiger charge is -2.31. The summed E-state index contributed by atoms with van der Waals surface area (Å²) in [6.45, 7) is 4.79. The highest BCUT2D eigenvalue weighted by molar-refractivity contribution is 5.95. The lowest BCUT2D eigenvalue weighted by atomic mass is 9.97. The summed E-state index contributed by atoms with van der Waals surface area (Å²) in [5.74, 6) is 1.56. The highest BCUT2D eigenvalue weighted by Crippen LogP contribution is 2.35. The normalized spacial score (nSPS) is 17.7. The zero-order valence-electron chi connectivity index (χ0n) is 16.3. The Hall–Kier alpha value is -2.79. The molecule has 1 aromatic heterocycles. The van der Waals surface area contributed by atoms with E-state index in [1.54, 1.807) is 13.2 Å². The van der Waals surface area contributed by atoms with Crippen molar-refractivity contribution in [2.75, 3.05) is 20.2 Å². The maximum Gasteiger partial charge on any atom is 0.336 e. The number of methoxy groups -OCH3 is 1. The average Bonchev–Trinajstić information content (AvgIpc) is 2.70. The van der Waals surface area contributed by atoms with Gasteiger partial charge in [-0.05, 0) is 60.7 Å². The van der Waals surface area contributed by atoms with Gasteiger partial charge in [-0.1, -0.05) is 19.1 Å². The maximum atomic E-state index is 12.3. The zero-order valence-corrected chi connectivity index (χ0v) is 16.3. The number of piperidine rings is 1. The zero-order chi connectivity index (χ0) is 19.7. The number of phenols is 1. The van der Waals surface area contributed by atoms with Crippen LogP contribution in [0.15, 0.2) is 51.7 Å². The number of phenolic OH excluding ortho intramolecular Hbond substituents is 1. The molecule has 3 aromatic rings. The van der Waals surface area contributed by atoms with Crippen LogP contribution in [0.3, 0.4) is 0 Å². The van der Waals surface area contributed by atoms with Crippen molar-refractivity contribution in [2.24, 2.45) is 5.92 Å². The smallest absolute Gasteiger partial charge is 0.336 e. The summed E-state index contributed by atoms with van der Waals surface area (Å²) in [6.07, 6.45) is 2.38. The molecule has 0 aliphatic carbocycles. The molecule has 1 aliphatic rings. The second-order valence-corrected chi connectivity index (χ2v) is 7.63. The van der Waals surface area contributed by atoms with Crippen LogP contribution in [0.1, 0.15) is 25.3 Å². The van der Waals surface area contributed by atoms with Gasteiger partial charge in [0.05, 0.1) is 12.7 Å². The number of fused-ring (bicyclic) bond motifs is 1. The minimum absolute atomic E-state index is 0.167. The van der Waals surface area contributed by atoms with Crippen LogP contribution in [-0.4, -0.2) is 30.2 Å². The van der Waals surface area contributed by atoms with Crippen LogP contribution in [0, 0.1) is 5.92 Å². The minimum atomic E-state index is -0.419. The third-order valence-electron chi connectivity index (χ3n) is 5.51. The van der Waals surface area contributed by atoms with Crippen LogP contribution >= 0.6 is 0 Å². The first-order chi connectivity index (χ1) is 13.5. The molecule has 0 spiro atoms. The number of ether oxygens (including phenoxy) is 1. The first-order valence-electron chi connectivity index (χ1n) is 9.70.